The minimum atomic E-state index is -0.401. The van der Waals surface area contributed by atoms with Crippen molar-refractivity contribution in [3.05, 3.63) is 35.1 Å². The summed E-state index contributed by atoms with van der Waals surface area (Å²) in [4.78, 5) is 12.2. The molecule has 0 unspecified atom stereocenters. The molecule has 16 heavy (non-hydrogen) atoms. The van der Waals surface area contributed by atoms with Crippen LogP contribution in [0.5, 0.6) is 0 Å². The zero-order chi connectivity index (χ0) is 11.9. The molecular formula is C14H17FO. The lowest BCUT2D eigenvalue weighted by Crippen LogP contribution is -2.21. The van der Waals surface area contributed by atoms with Gasteiger partial charge in [0.15, 0.2) is 5.78 Å². The van der Waals surface area contributed by atoms with E-state index in [0.717, 1.165) is 18.4 Å². The number of Topliss-reactive ketones (excluding diaryl/α,β-unsaturated/α-hetero) is 1. The van der Waals surface area contributed by atoms with E-state index in [1.807, 2.05) is 20.8 Å². The highest BCUT2D eigenvalue weighted by Gasteiger charge is 2.31. The van der Waals surface area contributed by atoms with Gasteiger partial charge in [0.1, 0.15) is 5.82 Å². The number of carbonyl (C=O) groups is 1. The topological polar surface area (TPSA) is 17.1 Å². The van der Waals surface area contributed by atoms with Crippen LogP contribution in [0.15, 0.2) is 18.2 Å². The molecular weight excluding hydrogens is 203 g/mol. The van der Waals surface area contributed by atoms with E-state index < -0.39 is 5.41 Å². The smallest absolute Gasteiger partial charge is 0.168 e. The van der Waals surface area contributed by atoms with E-state index in [1.54, 1.807) is 6.07 Å². The molecule has 0 atom stereocenters. The number of hydrogen-bond donors (Lipinski definition) is 0. The highest BCUT2D eigenvalue weighted by atomic mass is 19.1. The van der Waals surface area contributed by atoms with Crippen LogP contribution in [0.2, 0.25) is 0 Å². The van der Waals surface area contributed by atoms with Crippen molar-refractivity contribution in [1.82, 2.24) is 0 Å². The third kappa shape index (κ3) is 2.16. The first-order chi connectivity index (χ1) is 7.39. The molecule has 1 fully saturated rings. The number of halogens is 1. The summed E-state index contributed by atoms with van der Waals surface area (Å²) < 4.78 is 13.2. The van der Waals surface area contributed by atoms with Crippen LogP contribution >= 0.6 is 0 Å². The Morgan fingerprint density at radius 2 is 1.94 bits per heavy atom. The number of ketones is 1. The Labute approximate surface area is 95.7 Å². The number of benzene rings is 1. The van der Waals surface area contributed by atoms with Gasteiger partial charge in [0.25, 0.3) is 0 Å². The lowest BCUT2D eigenvalue weighted by molar-refractivity contribution is 0.0857. The zero-order valence-electron chi connectivity index (χ0n) is 10.0. The maximum atomic E-state index is 13.2. The van der Waals surface area contributed by atoms with Crippen molar-refractivity contribution in [1.29, 1.82) is 0 Å². The number of rotatable bonds is 2. The van der Waals surface area contributed by atoms with Crippen LogP contribution in [0.25, 0.3) is 0 Å². The summed E-state index contributed by atoms with van der Waals surface area (Å²) in [5.41, 5.74) is 1.21. The molecule has 1 saturated carbocycles. The van der Waals surface area contributed by atoms with Crippen LogP contribution in [-0.2, 0) is 0 Å². The van der Waals surface area contributed by atoms with Crippen LogP contribution < -0.4 is 0 Å². The van der Waals surface area contributed by atoms with Crippen LogP contribution in [0, 0.1) is 11.2 Å². The first-order valence-corrected chi connectivity index (χ1v) is 5.74. The van der Waals surface area contributed by atoms with Gasteiger partial charge in [0, 0.05) is 11.0 Å². The summed E-state index contributed by atoms with van der Waals surface area (Å²) in [5.74, 6) is 0.263. The van der Waals surface area contributed by atoms with Gasteiger partial charge in [-0.15, -0.1) is 0 Å². The third-order valence-corrected chi connectivity index (χ3v) is 2.96. The molecule has 0 heterocycles. The van der Waals surface area contributed by atoms with Gasteiger partial charge in [0.05, 0.1) is 0 Å². The van der Waals surface area contributed by atoms with Crippen molar-refractivity contribution >= 4 is 5.78 Å². The second kappa shape index (κ2) is 3.69. The van der Waals surface area contributed by atoms with E-state index in [0.29, 0.717) is 11.5 Å². The normalized spacial score (nSPS) is 16.2. The Hall–Kier alpha value is -1.18. The summed E-state index contributed by atoms with van der Waals surface area (Å²) in [6, 6.07) is 4.54. The summed E-state index contributed by atoms with van der Waals surface area (Å²) in [6.07, 6.45) is 2.15. The van der Waals surface area contributed by atoms with Crippen molar-refractivity contribution in [2.24, 2.45) is 5.41 Å². The summed E-state index contributed by atoms with van der Waals surface area (Å²) in [6.45, 7) is 5.69. The molecule has 1 nitrogen and oxygen atoms in total. The van der Waals surface area contributed by atoms with Gasteiger partial charge in [-0.25, -0.2) is 4.39 Å². The first kappa shape index (κ1) is 11.3. The predicted molar refractivity (Wildman–Crippen MR) is 62.2 cm³/mol. The maximum Gasteiger partial charge on any atom is 0.168 e. The highest BCUT2D eigenvalue weighted by Crippen LogP contribution is 2.43. The molecule has 0 aliphatic heterocycles. The maximum absolute atomic E-state index is 13.2. The molecule has 1 aliphatic carbocycles. The van der Waals surface area contributed by atoms with Gasteiger partial charge in [-0.05, 0) is 42.5 Å². The fraction of sp³-hybridized carbons (Fsp3) is 0.500. The fourth-order valence-electron chi connectivity index (χ4n) is 1.88. The molecule has 0 saturated heterocycles. The molecule has 1 aromatic carbocycles. The van der Waals surface area contributed by atoms with Crippen molar-refractivity contribution in [2.45, 2.75) is 39.5 Å². The average Bonchev–Trinajstić information content (AvgIpc) is 2.98. The minimum absolute atomic E-state index is 0.106. The predicted octanol–water partition coefficient (Wildman–Crippen LogP) is 3.93. The largest absolute Gasteiger partial charge is 0.294 e. The summed E-state index contributed by atoms with van der Waals surface area (Å²) >= 11 is 0. The molecule has 1 aliphatic rings. The van der Waals surface area contributed by atoms with Gasteiger partial charge in [-0.1, -0.05) is 20.8 Å². The Balaban J connectivity index is 2.44. The van der Waals surface area contributed by atoms with Gasteiger partial charge < -0.3 is 0 Å². The second-order valence-electron chi connectivity index (χ2n) is 5.58. The average molecular weight is 220 g/mol. The molecule has 0 aromatic heterocycles. The lowest BCUT2D eigenvalue weighted by atomic mass is 9.84. The molecule has 0 bridgehead atoms. The fourth-order valence-corrected chi connectivity index (χ4v) is 1.88. The number of hydrogen-bond acceptors (Lipinski definition) is 1. The van der Waals surface area contributed by atoms with Gasteiger partial charge in [-0.3, -0.25) is 4.79 Å². The molecule has 2 heteroatoms. The highest BCUT2D eigenvalue weighted by molar-refractivity contribution is 6.01. The quantitative estimate of drug-likeness (QED) is 0.690. The Morgan fingerprint density at radius 3 is 2.44 bits per heavy atom. The lowest BCUT2D eigenvalue weighted by Gasteiger charge is -2.19. The standard InChI is InChI=1S/C14H17FO/c1-14(2,3)13(16)11-7-6-10(15)8-12(11)9-4-5-9/h6-9H,4-5H2,1-3H3. The monoisotopic (exact) mass is 220 g/mol. The molecule has 0 N–H and O–H groups in total. The molecule has 1 aromatic rings. The zero-order valence-corrected chi connectivity index (χ0v) is 10.0. The van der Waals surface area contributed by atoms with Crippen LogP contribution in [0.1, 0.15) is 55.5 Å². The van der Waals surface area contributed by atoms with Gasteiger partial charge in [-0.2, -0.15) is 0 Å². The van der Waals surface area contributed by atoms with E-state index >= 15 is 0 Å². The van der Waals surface area contributed by atoms with E-state index in [4.69, 9.17) is 0 Å². The minimum Gasteiger partial charge on any atom is -0.294 e. The van der Waals surface area contributed by atoms with E-state index in [9.17, 15) is 9.18 Å². The second-order valence-corrected chi connectivity index (χ2v) is 5.58. The van der Waals surface area contributed by atoms with Crippen molar-refractivity contribution in [3.8, 4) is 0 Å². The van der Waals surface area contributed by atoms with Crippen LogP contribution in [0.3, 0.4) is 0 Å². The number of carbonyl (C=O) groups excluding carboxylic acids is 1. The Kier molecular flexibility index (Phi) is 2.61. The molecule has 0 radical (unpaired) electrons. The Bertz CT molecular complexity index is 425. The summed E-state index contributed by atoms with van der Waals surface area (Å²) in [7, 11) is 0. The molecule has 2 rings (SSSR count). The SMILES string of the molecule is CC(C)(C)C(=O)c1ccc(F)cc1C1CC1. The Morgan fingerprint density at radius 1 is 1.31 bits per heavy atom. The van der Waals surface area contributed by atoms with Crippen molar-refractivity contribution in [3.63, 3.8) is 0 Å². The van der Waals surface area contributed by atoms with Gasteiger partial charge in [0.2, 0.25) is 0 Å². The summed E-state index contributed by atoms with van der Waals surface area (Å²) in [5, 5.41) is 0. The van der Waals surface area contributed by atoms with Crippen LogP contribution in [0.4, 0.5) is 4.39 Å². The molecule has 0 amide bonds. The van der Waals surface area contributed by atoms with Crippen molar-refractivity contribution < 1.29 is 9.18 Å². The third-order valence-electron chi connectivity index (χ3n) is 2.96. The first-order valence-electron chi connectivity index (χ1n) is 5.74. The molecule has 86 valence electrons. The van der Waals surface area contributed by atoms with Crippen LogP contribution in [-0.4, -0.2) is 5.78 Å². The molecule has 0 spiro atoms. The van der Waals surface area contributed by atoms with Crippen molar-refractivity contribution in [2.75, 3.05) is 0 Å². The van der Waals surface area contributed by atoms with Gasteiger partial charge >= 0.3 is 0 Å². The van der Waals surface area contributed by atoms with E-state index in [2.05, 4.69) is 0 Å². The van der Waals surface area contributed by atoms with E-state index in [-0.39, 0.29) is 11.6 Å². The van der Waals surface area contributed by atoms with E-state index in [1.165, 1.54) is 12.1 Å².